The predicted octanol–water partition coefficient (Wildman–Crippen LogP) is 4.20. The molecule has 1 atom stereocenters. The lowest BCUT2D eigenvalue weighted by Crippen LogP contribution is -2.39. The Kier molecular flexibility index (Phi) is 4.75. The molecule has 5 heteroatoms. The van der Waals surface area contributed by atoms with Gasteiger partial charge in [0.1, 0.15) is 0 Å². The largest absolute Gasteiger partial charge is 0.493 e. The van der Waals surface area contributed by atoms with Crippen molar-refractivity contribution in [3.63, 3.8) is 0 Å². The fraction of sp³-hybridized carbons (Fsp3) is 0.318. The van der Waals surface area contributed by atoms with Crippen LogP contribution in [-0.4, -0.2) is 43.1 Å². The number of para-hydroxylation sites is 1. The number of aromatic nitrogens is 1. The third-order valence-corrected chi connectivity index (χ3v) is 5.33. The lowest BCUT2D eigenvalue weighted by atomic mass is 9.94. The Morgan fingerprint density at radius 2 is 1.89 bits per heavy atom. The van der Waals surface area contributed by atoms with Crippen LogP contribution in [0.1, 0.15) is 34.8 Å². The smallest absolute Gasteiger partial charge is 0.254 e. The van der Waals surface area contributed by atoms with Gasteiger partial charge in [-0.3, -0.25) is 4.79 Å². The van der Waals surface area contributed by atoms with Crippen molar-refractivity contribution in [1.82, 2.24) is 9.88 Å². The molecule has 1 aliphatic rings. The number of H-pyrrole nitrogens is 1. The average molecular weight is 364 g/mol. The summed E-state index contributed by atoms with van der Waals surface area (Å²) in [5.74, 6) is 1.57. The van der Waals surface area contributed by atoms with E-state index in [2.05, 4.69) is 23.2 Å². The molecule has 1 amide bonds. The Labute approximate surface area is 158 Å². The standard InChI is InChI=1S/C22H24N2O3/c1-26-20-10-9-16(13-21(20)27-2)22(25)24-11-5-7-17(14-24)19-12-15-6-3-4-8-18(15)23-19/h3-4,6,8-10,12-13,17,23H,5,7,11,14H2,1-2H3. The molecule has 4 rings (SSSR count). The van der Waals surface area contributed by atoms with Crippen molar-refractivity contribution in [3.05, 3.63) is 59.8 Å². The van der Waals surface area contributed by atoms with E-state index in [0.717, 1.165) is 31.4 Å². The van der Waals surface area contributed by atoms with Gasteiger partial charge in [-0.1, -0.05) is 18.2 Å². The fourth-order valence-electron chi connectivity index (χ4n) is 3.88. The van der Waals surface area contributed by atoms with Crippen LogP contribution >= 0.6 is 0 Å². The Balaban J connectivity index is 1.54. The van der Waals surface area contributed by atoms with Crippen LogP contribution in [0.25, 0.3) is 10.9 Å². The van der Waals surface area contributed by atoms with Crippen LogP contribution in [0, 0.1) is 0 Å². The number of methoxy groups -OCH3 is 2. The minimum absolute atomic E-state index is 0.0387. The summed E-state index contributed by atoms with van der Waals surface area (Å²) in [5, 5.41) is 1.22. The van der Waals surface area contributed by atoms with Crippen LogP contribution in [-0.2, 0) is 0 Å². The molecule has 5 nitrogen and oxygen atoms in total. The zero-order valence-corrected chi connectivity index (χ0v) is 15.7. The van der Waals surface area contributed by atoms with E-state index in [0.29, 0.717) is 23.0 Å². The number of amides is 1. The highest BCUT2D eigenvalue weighted by atomic mass is 16.5. The predicted molar refractivity (Wildman–Crippen MR) is 106 cm³/mol. The van der Waals surface area contributed by atoms with E-state index in [4.69, 9.17) is 9.47 Å². The van der Waals surface area contributed by atoms with Gasteiger partial charge in [0.15, 0.2) is 11.5 Å². The number of hydrogen-bond acceptors (Lipinski definition) is 3. The Morgan fingerprint density at radius 1 is 1.07 bits per heavy atom. The van der Waals surface area contributed by atoms with Crippen molar-refractivity contribution in [2.24, 2.45) is 0 Å². The number of carbonyl (C=O) groups excluding carboxylic acids is 1. The van der Waals surface area contributed by atoms with Gasteiger partial charge >= 0.3 is 0 Å². The van der Waals surface area contributed by atoms with E-state index < -0.39 is 0 Å². The molecule has 0 radical (unpaired) electrons. The summed E-state index contributed by atoms with van der Waals surface area (Å²) < 4.78 is 10.6. The van der Waals surface area contributed by atoms with Gasteiger partial charge in [0, 0.05) is 35.8 Å². The number of nitrogens with zero attached hydrogens (tertiary/aromatic N) is 1. The second kappa shape index (κ2) is 7.35. The molecular formula is C22H24N2O3. The second-order valence-electron chi connectivity index (χ2n) is 6.97. The van der Waals surface area contributed by atoms with Crippen molar-refractivity contribution in [3.8, 4) is 11.5 Å². The Hall–Kier alpha value is -2.95. The van der Waals surface area contributed by atoms with Crippen molar-refractivity contribution in [1.29, 1.82) is 0 Å². The van der Waals surface area contributed by atoms with Crippen molar-refractivity contribution < 1.29 is 14.3 Å². The SMILES string of the molecule is COc1ccc(C(=O)N2CCCC(c3cc4ccccc4[nH]3)C2)cc1OC. The van der Waals surface area contributed by atoms with Gasteiger partial charge in [0.2, 0.25) is 0 Å². The molecule has 1 fully saturated rings. The molecule has 2 aromatic carbocycles. The van der Waals surface area contributed by atoms with Crippen molar-refractivity contribution in [2.45, 2.75) is 18.8 Å². The highest BCUT2D eigenvalue weighted by Gasteiger charge is 2.27. The maximum Gasteiger partial charge on any atom is 0.254 e. The minimum Gasteiger partial charge on any atom is -0.493 e. The molecule has 27 heavy (non-hydrogen) atoms. The molecule has 2 heterocycles. The molecule has 0 saturated carbocycles. The number of ether oxygens (including phenoxy) is 2. The Morgan fingerprint density at radius 3 is 2.67 bits per heavy atom. The van der Waals surface area contributed by atoms with E-state index in [1.165, 1.54) is 11.1 Å². The summed E-state index contributed by atoms with van der Waals surface area (Å²) in [6, 6.07) is 15.8. The van der Waals surface area contributed by atoms with Gasteiger partial charge in [-0.05, 0) is 48.6 Å². The number of piperidine rings is 1. The summed E-state index contributed by atoms with van der Waals surface area (Å²) >= 11 is 0. The van der Waals surface area contributed by atoms with E-state index in [1.54, 1.807) is 32.4 Å². The van der Waals surface area contributed by atoms with Crippen LogP contribution in [0.4, 0.5) is 0 Å². The molecule has 1 aromatic heterocycles. The second-order valence-corrected chi connectivity index (χ2v) is 6.97. The molecule has 0 aliphatic carbocycles. The number of fused-ring (bicyclic) bond motifs is 1. The highest BCUT2D eigenvalue weighted by molar-refractivity contribution is 5.95. The number of aromatic amines is 1. The number of rotatable bonds is 4. The summed E-state index contributed by atoms with van der Waals surface area (Å²) in [7, 11) is 3.17. The molecule has 3 aromatic rings. The molecule has 1 unspecified atom stereocenters. The first kappa shape index (κ1) is 17.5. The van der Waals surface area contributed by atoms with Crippen LogP contribution < -0.4 is 9.47 Å². The monoisotopic (exact) mass is 364 g/mol. The molecule has 140 valence electrons. The third kappa shape index (κ3) is 3.37. The van der Waals surface area contributed by atoms with Gasteiger partial charge in [0.25, 0.3) is 5.91 Å². The Bertz CT molecular complexity index is 930. The zero-order chi connectivity index (χ0) is 18.8. The van der Waals surface area contributed by atoms with Gasteiger partial charge in [-0.2, -0.15) is 0 Å². The number of benzene rings is 2. The lowest BCUT2D eigenvalue weighted by molar-refractivity contribution is 0.0705. The molecule has 1 saturated heterocycles. The van der Waals surface area contributed by atoms with Crippen molar-refractivity contribution >= 4 is 16.8 Å². The van der Waals surface area contributed by atoms with Gasteiger partial charge in [-0.25, -0.2) is 0 Å². The number of hydrogen-bond donors (Lipinski definition) is 1. The molecule has 0 bridgehead atoms. The topological polar surface area (TPSA) is 54.6 Å². The quantitative estimate of drug-likeness (QED) is 0.755. The molecule has 1 aliphatic heterocycles. The molecule has 1 N–H and O–H groups in total. The van der Waals surface area contributed by atoms with Crippen LogP contribution in [0.5, 0.6) is 11.5 Å². The summed E-state index contributed by atoms with van der Waals surface area (Å²) in [5.41, 5.74) is 2.99. The molecular weight excluding hydrogens is 340 g/mol. The number of carbonyl (C=O) groups is 1. The van der Waals surface area contributed by atoms with E-state index in [9.17, 15) is 4.79 Å². The van der Waals surface area contributed by atoms with E-state index in [-0.39, 0.29) is 5.91 Å². The average Bonchev–Trinajstić information content (AvgIpc) is 3.17. The van der Waals surface area contributed by atoms with Crippen LogP contribution in [0.15, 0.2) is 48.5 Å². The van der Waals surface area contributed by atoms with Gasteiger partial charge < -0.3 is 19.4 Å². The highest BCUT2D eigenvalue weighted by Crippen LogP contribution is 2.31. The first-order valence-electron chi connectivity index (χ1n) is 9.28. The van der Waals surface area contributed by atoms with Crippen LogP contribution in [0.2, 0.25) is 0 Å². The number of likely N-dealkylation sites (tertiary alicyclic amines) is 1. The van der Waals surface area contributed by atoms with Gasteiger partial charge in [0.05, 0.1) is 14.2 Å². The van der Waals surface area contributed by atoms with Crippen molar-refractivity contribution in [2.75, 3.05) is 27.3 Å². The van der Waals surface area contributed by atoms with Crippen LogP contribution in [0.3, 0.4) is 0 Å². The summed E-state index contributed by atoms with van der Waals surface area (Å²) in [6.45, 7) is 1.50. The summed E-state index contributed by atoms with van der Waals surface area (Å²) in [6.07, 6.45) is 2.08. The maximum absolute atomic E-state index is 13.0. The molecule has 0 spiro atoms. The fourth-order valence-corrected chi connectivity index (χ4v) is 3.88. The van der Waals surface area contributed by atoms with E-state index in [1.807, 2.05) is 17.0 Å². The van der Waals surface area contributed by atoms with E-state index >= 15 is 0 Å². The normalized spacial score (nSPS) is 17.1. The third-order valence-electron chi connectivity index (χ3n) is 5.33. The van der Waals surface area contributed by atoms with Gasteiger partial charge in [-0.15, -0.1) is 0 Å². The lowest BCUT2D eigenvalue weighted by Gasteiger charge is -2.32. The number of nitrogens with one attached hydrogen (secondary N) is 1. The first-order chi connectivity index (χ1) is 13.2. The summed E-state index contributed by atoms with van der Waals surface area (Å²) in [4.78, 5) is 18.5. The zero-order valence-electron chi connectivity index (χ0n) is 15.7. The maximum atomic E-state index is 13.0. The first-order valence-corrected chi connectivity index (χ1v) is 9.28. The minimum atomic E-state index is 0.0387.